The van der Waals surface area contributed by atoms with Crippen molar-refractivity contribution in [1.29, 1.82) is 0 Å². The van der Waals surface area contributed by atoms with Gasteiger partial charge in [0, 0.05) is 17.4 Å². The molecule has 4 heteroatoms. The molecule has 0 atom stereocenters. The highest BCUT2D eigenvalue weighted by Crippen LogP contribution is 2.41. The lowest BCUT2D eigenvalue weighted by Gasteiger charge is -2.42. The van der Waals surface area contributed by atoms with Gasteiger partial charge in [0.05, 0.1) is 20.3 Å². The van der Waals surface area contributed by atoms with Gasteiger partial charge in [0.1, 0.15) is 5.75 Å². The van der Waals surface area contributed by atoms with Gasteiger partial charge < -0.3 is 14.6 Å². The van der Waals surface area contributed by atoms with Crippen molar-refractivity contribution in [3.05, 3.63) is 29.8 Å². The van der Waals surface area contributed by atoms with E-state index in [1.54, 1.807) is 7.11 Å². The average molecular weight is 236 g/mol. The van der Waals surface area contributed by atoms with E-state index >= 15 is 0 Å². The zero-order valence-corrected chi connectivity index (χ0v) is 9.81. The van der Waals surface area contributed by atoms with Gasteiger partial charge in [0.25, 0.3) is 0 Å². The Morgan fingerprint density at radius 3 is 2.71 bits per heavy atom. The number of ether oxygens (including phenoxy) is 2. The number of carboxylic acids is 1. The number of hydrogen-bond donors (Lipinski definition) is 1. The third-order valence-corrected chi connectivity index (χ3v) is 3.25. The molecule has 0 aliphatic carbocycles. The second kappa shape index (κ2) is 4.75. The summed E-state index contributed by atoms with van der Waals surface area (Å²) in [5, 5.41) is 8.80. The lowest BCUT2D eigenvalue weighted by molar-refractivity contribution is -0.139. The van der Waals surface area contributed by atoms with E-state index < -0.39 is 5.97 Å². The summed E-state index contributed by atoms with van der Waals surface area (Å²) in [5.41, 5.74) is 0.861. The fourth-order valence-electron chi connectivity index (χ4n) is 2.21. The Labute approximate surface area is 100 Å². The molecule has 0 radical (unpaired) electrons. The molecule has 1 aliphatic heterocycles. The normalized spacial score (nSPS) is 17.2. The van der Waals surface area contributed by atoms with Crippen LogP contribution in [0.5, 0.6) is 5.75 Å². The largest absolute Gasteiger partial charge is 0.496 e. The minimum absolute atomic E-state index is 0.154. The van der Waals surface area contributed by atoms with Crippen molar-refractivity contribution >= 4 is 5.97 Å². The van der Waals surface area contributed by atoms with Crippen LogP contribution in [-0.4, -0.2) is 31.4 Å². The molecule has 17 heavy (non-hydrogen) atoms. The van der Waals surface area contributed by atoms with Gasteiger partial charge in [-0.25, -0.2) is 0 Å². The molecule has 1 heterocycles. The van der Waals surface area contributed by atoms with Gasteiger partial charge >= 0.3 is 5.97 Å². The summed E-state index contributed by atoms with van der Waals surface area (Å²) in [7, 11) is 1.63. The van der Waals surface area contributed by atoms with Gasteiger partial charge in [-0.3, -0.25) is 4.79 Å². The molecule has 0 spiro atoms. The summed E-state index contributed by atoms with van der Waals surface area (Å²) >= 11 is 0. The monoisotopic (exact) mass is 236 g/mol. The number of carbonyl (C=O) groups is 1. The van der Waals surface area contributed by atoms with Crippen LogP contribution in [0.25, 0.3) is 0 Å². The van der Waals surface area contributed by atoms with Gasteiger partial charge in [0.2, 0.25) is 0 Å². The molecule has 0 saturated carbocycles. The first-order valence-corrected chi connectivity index (χ1v) is 5.61. The Morgan fingerprint density at radius 2 is 2.18 bits per heavy atom. The number of benzene rings is 1. The Hall–Kier alpha value is -1.55. The van der Waals surface area contributed by atoms with Crippen LogP contribution < -0.4 is 4.74 Å². The van der Waals surface area contributed by atoms with Gasteiger partial charge in [-0.15, -0.1) is 0 Å². The van der Waals surface area contributed by atoms with Gasteiger partial charge in [0.15, 0.2) is 0 Å². The van der Waals surface area contributed by atoms with Crippen molar-refractivity contribution < 1.29 is 19.4 Å². The predicted molar refractivity (Wildman–Crippen MR) is 62.4 cm³/mol. The van der Waals surface area contributed by atoms with Crippen LogP contribution >= 0.6 is 0 Å². The van der Waals surface area contributed by atoms with E-state index in [9.17, 15) is 4.79 Å². The highest BCUT2D eigenvalue weighted by molar-refractivity contribution is 5.67. The zero-order valence-electron chi connectivity index (χ0n) is 9.81. The highest BCUT2D eigenvalue weighted by atomic mass is 16.5. The Bertz CT molecular complexity index is 410. The predicted octanol–water partition coefficient (Wildman–Crippen LogP) is 1.83. The SMILES string of the molecule is COc1ccccc1C1(CCC(=O)O)COC1. The molecule has 0 unspecified atom stereocenters. The fraction of sp³-hybridized carbons (Fsp3) is 0.462. The minimum Gasteiger partial charge on any atom is -0.496 e. The van der Waals surface area contributed by atoms with Gasteiger partial charge in [-0.1, -0.05) is 18.2 Å². The summed E-state index contributed by atoms with van der Waals surface area (Å²) in [4.78, 5) is 10.7. The number of aliphatic carboxylic acids is 1. The van der Waals surface area contributed by atoms with Gasteiger partial charge in [-0.2, -0.15) is 0 Å². The van der Waals surface area contributed by atoms with Crippen LogP contribution in [0.2, 0.25) is 0 Å². The highest BCUT2D eigenvalue weighted by Gasteiger charge is 2.42. The van der Waals surface area contributed by atoms with Crippen LogP contribution in [0.15, 0.2) is 24.3 Å². The quantitative estimate of drug-likeness (QED) is 0.847. The number of carboxylic acid groups (broad SMARTS) is 1. The van der Waals surface area contributed by atoms with Gasteiger partial charge in [-0.05, 0) is 12.5 Å². The smallest absolute Gasteiger partial charge is 0.303 e. The zero-order chi connectivity index (χ0) is 12.3. The van der Waals surface area contributed by atoms with E-state index in [-0.39, 0.29) is 11.8 Å². The van der Waals surface area contributed by atoms with Crippen molar-refractivity contribution in [2.75, 3.05) is 20.3 Å². The lowest BCUT2D eigenvalue weighted by Crippen LogP contribution is -2.47. The van der Waals surface area contributed by atoms with E-state index in [0.29, 0.717) is 19.6 Å². The second-order valence-corrected chi connectivity index (χ2v) is 4.37. The van der Waals surface area contributed by atoms with Crippen molar-refractivity contribution in [2.24, 2.45) is 0 Å². The van der Waals surface area contributed by atoms with E-state index in [1.165, 1.54) is 0 Å². The first-order valence-electron chi connectivity index (χ1n) is 5.61. The minimum atomic E-state index is -0.772. The molecule has 92 valence electrons. The lowest BCUT2D eigenvalue weighted by atomic mass is 9.74. The maximum atomic E-state index is 10.7. The summed E-state index contributed by atoms with van der Waals surface area (Å²) < 4.78 is 10.6. The Balaban J connectivity index is 2.24. The molecule has 4 nitrogen and oxygen atoms in total. The molecule has 1 aromatic carbocycles. The van der Waals surface area contributed by atoms with E-state index in [0.717, 1.165) is 11.3 Å². The topological polar surface area (TPSA) is 55.8 Å². The number of methoxy groups -OCH3 is 1. The maximum Gasteiger partial charge on any atom is 0.303 e. The van der Waals surface area contributed by atoms with E-state index in [2.05, 4.69) is 0 Å². The number of hydrogen-bond acceptors (Lipinski definition) is 3. The van der Waals surface area contributed by atoms with Crippen LogP contribution in [0.1, 0.15) is 18.4 Å². The molecule has 0 aromatic heterocycles. The number of rotatable bonds is 5. The van der Waals surface area contributed by atoms with Crippen LogP contribution in [0.4, 0.5) is 0 Å². The average Bonchev–Trinajstić information content (AvgIpc) is 2.28. The second-order valence-electron chi connectivity index (χ2n) is 4.37. The molecule has 0 amide bonds. The molecule has 1 N–H and O–H groups in total. The van der Waals surface area contributed by atoms with Crippen molar-refractivity contribution in [1.82, 2.24) is 0 Å². The molecule has 0 bridgehead atoms. The summed E-state index contributed by atoms with van der Waals surface area (Å²) in [6, 6.07) is 7.74. The molecule has 1 saturated heterocycles. The van der Waals surface area contributed by atoms with Crippen molar-refractivity contribution in [3.8, 4) is 5.75 Å². The maximum absolute atomic E-state index is 10.7. The van der Waals surface area contributed by atoms with Crippen LogP contribution in [-0.2, 0) is 14.9 Å². The first kappa shape index (κ1) is 11.9. The summed E-state index contributed by atoms with van der Waals surface area (Å²) in [6.07, 6.45) is 0.740. The first-order chi connectivity index (χ1) is 8.18. The molecule has 2 rings (SSSR count). The van der Waals surface area contributed by atoms with E-state index in [4.69, 9.17) is 14.6 Å². The molecular weight excluding hydrogens is 220 g/mol. The van der Waals surface area contributed by atoms with Crippen molar-refractivity contribution in [2.45, 2.75) is 18.3 Å². The molecular formula is C13H16O4. The van der Waals surface area contributed by atoms with E-state index in [1.807, 2.05) is 24.3 Å². The number of para-hydroxylation sites is 1. The van der Waals surface area contributed by atoms with Crippen LogP contribution in [0.3, 0.4) is 0 Å². The standard InChI is InChI=1S/C13H16O4/c1-16-11-5-3-2-4-10(11)13(8-17-9-13)7-6-12(14)15/h2-5H,6-9H2,1H3,(H,14,15). The van der Waals surface area contributed by atoms with Crippen molar-refractivity contribution in [3.63, 3.8) is 0 Å². The summed E-state index contributed by atoms with van der Waals surface area (Å²) in [6.45, 7) is 1.14. The Morgan fingerprint density at radius 1 is 1.47 bits per heavy atom. The third-order valence-electron chi connectivity index (χ3n) is 3.25. The molecule has 1 aliphatic rings. The van der Waals surface area contributed by atoms with Crippen LogP contribution in [0, 0.1) is 0 Å². The summed E-state index contributed by atoms with van der Waals surface area (Å²) in [5.74, 6) is 0.0346. The third kappa shape index (κ3) is 2.26. The molecule has 1 fully saturated rings. The Kier molecular flexibility index (Phi) is 3.33. The molecule has 1 aromatic rings. The fourth-order valence-corrected chi connectivity index (χ4v) is 2.21.